The molecule has 0 spiro atoms. The third kappa shape index (κ3) is 6.42. The summed E-state index contributed by atoms with van der Waals surface area (Å²) in [6.07, 6.45) is 0. The highest BCUT2D eigenvalue weighted by Gasteiger charge is 2.28. The molecule has 0 atom stereocenters. The van der Waals surface area contributed by atoms with Crippen molar-refractivity contribution in [3.05, 3.63) is 59.1 Å². The molecule has 2 aromatic rings. The van der Waals surface area contributed by atoms with Gasteiger partial charge in [-0.05, 0) is 53.7 Å². The summed E-state index contributed by atoms with van der Waals surface area (Å²) in [4.78, 5) is 11.8. The maximum absolute atomic E-state index is 12.2. The Morgan fingerprint density at radius 3 is 2.22 bits per heavy atom. The first-order valence-corrected chi connectivity index (χ1v) is 7.66. The van der Waals surface area contributed by atoms with E-state index in [2.05, 4.69) is 10.6 Å². The average Bonchev–Trinajstić information content (AvgIpc) is 2.47. The Kier molecular flexibility index (Phi) is 5.79. The number of benzene rings is 2. The predicted molar refractivity (Wildman–Crippen MR) is 85.7 cm³/mol. The highest BCUT2D eigenvalue weighted by Crippen LogP contribution is 2.36. The quantitative estimate of drug-likeness (QED) is 0.729. The van der Waals surface area contributed by atoms with E-state index in [1.807, 2.05) is 0 Å². The fourth-order valence-electron chi connectivity index (χ4n) is 1.70. The number of thioether (sulfide) groups is 1. The van der Waals surface area contributed by atoms with Crippen LogP contribution in [0.1, 0.15) is 5.56 Å². The Morgan fingerprint density at radius 1 is 1.04 bits per heavy atom. The number of nitrogens with one attached hydrogen (secondary N) is 2. The second kappa shape index (κ2) is 7.61. The summed E-state index contributed by atoms with van der Waals surface area (Å²) in [5.74, 6) is 0. The van der Waals surface area contributed by atoms with Crippen molar-refractivity contribution < 1.29 is 18.0 Å². The standard InChI is InChI=1S/C15H12ClF3N2OS/c16-11-3-1-10(2-4-11)9-20-14(22)21-12-5-7-13(8-6-12)23-15(17,18)19/h1-8H,9H2,(H2,20,21,22). The summed E-state index contributed by atoms with van der Waals surface area (Å²) < 4.78 is 36.6. The topological polar surface area (TPSA) is 41.1 Å². The molecule has 8 heteroatoms. The zero-order valence-corrected chi connectivity index (χ0v) is 13.2. The number of urea groups is 1. The van der Waals surface area contributed by atoms with E-state index in [1.54, 1.807) is 24.3 Å². The van der Waals surface area contributed by atoms with Crippen LogP contribution >= 0.6 is 23.4 Å². The highest BCUT2D eigenvalue weighted by atomic mass is 35.5. The van der Waals surface area contributed by atoms with E-state index in [4.69, 9.17) is 11.6 Å². The number of halogens is 4. The molecule has 2 amide bonds. The van der Waals surface area contributed by atoms with Crippen molar-refractivity contribution in [3.8, 4) is 0 Å². The molecule has 23 heavy (non-hydrogen) atoms. The number of amides is 2. The maximum Gasteiger partial charge on any atom is 0.446 e. The molecule has 2 N–H and O–H groups in total. The van der Waals surface area contributed by atoms with Crippen LogP contribution in [0.3, 0.4) is 0 Å². The molecule has 0 aliphatic carbocycles. The number of rotatable bonds is 4. The summed E-state index contributed by atoms with van der Waals surface area (Å²) in [6, 6.07) is 12.0. The van der Waals surface area contributed by atoms with Crippen molar-refractivity contribution in [1.29, 1.82) is 0 Å². The first kappa shape index (κ1) is 17.5. The van der Waals surface area contributed by atoms with Crippen LogP contribution in [0.4, 0.5) is 23.7 Å². The van der Waals surface area contributed by atoms with Crippen molar-refractivity contribution >= 4 is 35.1 Å². The summed E-state index contributed by atoms with van der Waals surface area (Å²) in [5, 5.41) is 5.79. The number of anilines is 1. The van der Waals surface area contributed by atoms with Crippen molar-refractivity contribution in [2.75, 3.05) is 5.32 Å². The van der Waals surface area contributed by atoms with Gasteiger partial charge in [-0.2, -0.15) is 13.2 Å². The molecule has 0 heterocycles. The molecular weight excluding hydrogens is 349 g/mol. The van der Waals surface area contributed by atoms with E-state index in [-0.39, 0.29) is 16.7 Å². The van der Waals surface area contributed by atoms with E-state index < -0.39 is 11.5 Å². The minimum Gasteiger partial charge on any atom is -0.334 e. The van der Waals surface area contributed by atoms with Gasteiger partial charge in [-0.15, -0.1) is 0 Å². The lowest BCUT2D eigenvalue weighted by atomic mass is 10.2. The van der Waals surface area contributed by atoms with Gasteiger partial charge in [0.2, 0.25) is 0 Å². The fourth-order valence-corrected chi connectivity index (χ4v) is 2.37. The van der Waals surface area contributed by atoms with Gasteiger partial charge in [0.05, 0.1) is 0 Å². The monoisotopic (exact) mass is 360 g/mol. The lowest BCUT2D eigenvalue weighted by molar-refractivity contribution is -0.0328. The zero-order valence-electron chi connectivity index (χ0n) is 11.7. The van der Waals surface area contributed by atoms with E-state index >= 15 is 0 Å². The molecule has 0 bridgehead atoms. The molecule has 0 unspecified atom stereocenters. The first-order chi connectivity index (χ1) is 10.8. The lowest BCUT2D eigenvalue weighted by Crippen LogP contribution is -2.28. The van der Waals surface area contributed by atoms with Crippen LogP contribution in [0.25, 0.3) is 0 Å². The van der Waals surface area contributed by atoms with Crippen LogP contribution < -0.4 is 10.6 Å². The molecule has 0 saturated carbocycles. The fraction of sp³-hybridized carbons (Fsp3) is 0.133. The molecule has 2 aromatic carbocycles. The number of alkyl halides is 3. The van der Waals surface area contributed by atoms with Gasteiger partial charge in [0.1, 0.15) is 0 Å². The number of carbonyl (C=O) groups is 1. The van der Waals surface area contributed by atoms with Crippen LogP contribution in [-0.4, -0.2) is 11.5 Å². The number of carbonyl (C=O) groups excluding carboxylic acids is 1. The molecule has 0 aliphatic heterocycles. The van der Waals surface area contributed by atoms with Gasteiger partial charge in [0, 0.05) is 22.2 Å². The SMILES string of the molecule is O=C(NCc1ccc(Cl)cc1)Nc1ccc(SC(F)(F)F)cc1. The molecule has 0 aromatic heterocycles. The van der Waals surface area contributed by atoms with E-state index in [9.17, 15) is 18.0 Å². The van der Waals surface area contributed by atoms with E-state index in [0.29, 0.717) is 17.3 Å². The number of hydrogen-bond donors (Lipinski definition) is 2. The molecule has 122 valence electrons. The second-order valence-electron chi connectivity index (χ2n) is 4.51. The maximum atomic E-state index is 12.2. The Bertz CT molecular complexity index is 660. The second-order valence-corrected chi connectivity index (χ2v) is 6.08. The Morgan fingerprint density at radius 2 is 1.65 bits per heavy atom. The summed E-state index contributed by atoms with van der Waals surface area (Å²) in [7, 11) is 0. The Labute approximate surface area is 140 Å². The van der Waals surface area contributed by atoms with E-state index in [1.165, 1.54) is 24.3 Å². The van der Waals surface area contributed by atoms with Crippen LogP contribution in [0, 0.1) is 0 Å². The van der Waals surface area contributed by atoms with Crippen molar-refractivity contribution in [2.45, 2.75) is 16.9 Å². The van der Waals surface area contributed by atoms with Gasteiger partial charge < -0.3 is 10.6 Å². The zero-order chi connectivity index (χ0) is 16.9. The average molecular weight is 361 g/mol. The van der Waals surface area contributed by atoms with Crippen LogP contribution in [-0.2, 0) is 6.54 Å². The minimum absolute atomic E-state index is 0.0598. The smallest absolute Gasteiger partial charge is 0.334 e. The molecule has 3 nitrogen and oxygen atoms in total. The molecule has 0 aliphatic rings. The molecular formula is C15H12ClF3N2OS. The largest absolute Gasteiger partial charge is 0.446 e. The van der Waals surface area contributed by atoms with Crippen molar-refractivity contribution in [1.82, 2.24) is 5.32 Å². The third-order valence-corrected chi connectivity index (χ3v) is 3.70. The lowest BCUT2D eigenvalue weighted by Gasteiger charge is -2.09. The van der Waals surface area contributed by atoms with Gasteiger partial charge in [-0.3, -0.25) is 0 Å². The summed E-state index contributed by atoms with van der Waals surface area (Å²) in [6.45, 7) is 0.311. The molecule has 2 rings (SSSR count). The molecule has 0 saturated heterocycles. The van der Waals surface area contributed by atoms with Crippen molar-refractivity contribution in [2.24, 2.45) is 0 Å². The first-order valence-electron chi connectivity index (χ1n) is 6.47. The van der Waals surface area contributed by atoms with E-state index in [0.717, 1.165) is 5.56 Å². The number of hydrogen-bond acceptors (Lipinski definition) is 2. The van der Waals surface area contributed by atoms with Crippen LogP contribution in [0.5, 0.6) is 0 Å². The predicted octanol–water partition coefficient (Wildman–Crippen LogP) is 5.27. The van der Waals surface area contributed by atoms with Gasteiger partial charge in [0.25, 0.3) is 0 Å². The Hall–Kier alpha value is -1.86. The molecule has 0 fully saturated rings. The van der Waals surface area contributed by atoms with Gasteiger partial charge in [-0.1, -0.05) is 23.7 Å². The highest BCUT2D eigenvalue weighted by molar-refractivity contribution is 8.00. The van der Waals surface area contributed by atoms with Gasteiger partial charge in [-0.25, -0.2) is 4.79 Å². The van der Waals surface area contributed by atoms with Gasteiger partial charge >= 0.3 is 11.5 Å². The summed E-state index contributed by atoms with van der Waals surface area (Å²) in [5.41, 5.74) is -3.04. The van der Waals surface area contributed by atoms with Crippen LogP contribution in [0.2, 0.25) is 5.02 Å². The summed E-state index contributed by atoms with van der Waals surface area (Å²) >= 11 is 5.56. The minimum atomic E-state index is -4.33. The van der Waals surface area contributed by atoms with Crippen molar-refractivity contribution in [3.63, 3.8) is 0 Å². The van der Waals surface area contributed by atoms with Gasteiger partial charge in [0.15, 0.2) is 0 Å². The van der Waals surface area contributed by atoms with Crippen LogP contribution in [0.15, 0.2) is 53.4 Å². The Balaban J connectivity index is 1.84. The normalized spacial score (nSPS) is 11.1. The third-order valence-electron chi connectivity index (χ3n) is 2.71. The molecule has 0 radical (unpaired) electrons.